The first-order chi connectivity index (χ1) is 12.1. The lowest BCUT2D eigenvalue weighted by atomic mass is 9.70. The number of ether oxygens (including phenoxy) is 1. The van der Waals surface area contributed by atoms with Gasteiger partial charge in [0.1, 0.15) is 5.78 Å². The standard InChI is InChI=1S/C20H29NO4S/c1-14-7-5-6-8-16(14)17(25-4)12-21-26(23,24)13-20-10-9-15(11-18(20)22)19(20,2)3/h5-8,15,17,21H,9-13H2,1-4H3/t15-,17-,20+/m1/s1. The molecule has 6 heteroatoms. The normalized spacial score (nSPS) is 28.5. The average molecular weight is 380 g/mol. The van der Waals surface area contributed by atoms with Crippen molar-refractivity contribution in [2.45, 2.75) is 46.1 Å². The van der Waals surface area contributed by atoms with Crippen LogP contribution in [0.15, 0.2) is 24.3 Å². The van der Waals surface area contributed by atoms with Crippen LogP contribution in [0.4, 0.5) is 0 Å². The SMILES string of the molecule is CO[C@H](CNS(=O)(=O)C[C@@]12CC[C@H](CC1=O)C2(C)C)c1ccccc1C. The number of hydrogen-bond donors (Lipinski definition) is 1. The van der Waals surface area contributed by atoms with Crippen LogP contribution >= 0.6 is 0 Å². The molecule has 1 aromatic carbocycles. The summed E-state index contributed by atoms with van der Waals surface area (Å²) in [7, 11) is -2.01. The third kappa shape index (κ3) is 3.12. The summed E-state index contributed by atoms with van der Waals surface area (Å²) in [6.07, 6.45) is 1.78. The van der Waals surface area contributed by atoms with Crippen LogP contribution in [-0.2, 0) is 19.6 Å². The minimum atomic E-state index is -3.59. The van der Waals surface area contributed by atoms with E-state index in [0.29, 0.717) is 18.8 Å². The molecule has 3 rings (SSSR count). The topological polar surface area (TPSA) is 72.5 Å². The third-order valence-electron chi connectivity index (χ3n) is 6.88. The van der Waals surface area contributed by atoms with Gasteiger partial charge in [-0.3, -0.25) is 4.79 Å². The maximum atomic E-state index is 12.8. The number of methoxy groups -OCH3 is 1. The maximum Gasteiger partial charge on any atom is 0.212 e. The number of hydrogen-bond acceptors (Lipinski definition) is 4. The molecule has 3 atom stereocenters. The van der Waals surface area contributed by atoms with E-state index in [1.165, 1.54) is 0 Å². The van der Waals surface area contributed by atoms with Gasteiger partial charge in [0, 0.05) is 25.5 Å². The summed E-state index contributed by atoms with van der Waals surface area (Å²) in [6.45, 7) is 6.25. The molecule has 0 radical (unpaired) electrons. The quantitative estimate of drug-likeness (QED) is 0.790. The molecule has 0 aliphatic heterocycles. The molecule has 2 aliphatic carbocycles. The number of aryl methyl sites for hydroxylation is 1. The molecule has 0 aromatic heterocycles. The molecule has 0 amide bonds. The molecule has 5 nitrogen and oxygen atoms in total. The van der Waals surface area contributed by atoms with Gasteiger partial charge in [0.15, 0.2) is 0 Å². The molecule has 0 spiro atoms. The maximum absolute atomic E-state index is 12.8. The predicted octanol–water partition coefficient (Wildman–Crippen LogP) is 3.00. The van der Waals surface area contributed by atoms with Crippen molar-refractivity contribution in [2.24, 2.45) is 16.7 Å². The van der Waals surface area contributed by atoms with Gasteiger partial charge in [-0.1, -0.05) is 38.1 Å². The Balaban J connectivity index is 1.74. The van der Waals surface area contributed by atoms with Crippen molar-refractivity contribution in [3.8, 4) is 0 Å². The molecule has 1 N–H and O–H groups in total. The van der Waals surface area contributed by atoms with Gasteiger partial charge in [-0.25, -0.2) is 13.1 Å². The van der Waals surface area contributed by atoms with E-state index in [1.807, 2.05) is 31.2 Å². The number of benzene rings is 1. The number of rotatable bonds is 7. The number of ketones is 1. The Bertz CT molecular complexity index is 802. The van der Waals surface area contributed by atoms with E-state index >= 15 is 0 Å². The highest BCUT2D eigenvalue weighted by atomic mass is 32.2. The monoisotopic (exact) mass is 379 g/mol. The molecule has 2 saturated carbocycles. The summed E-state index contributed by atoms with van der Waals surface area (Å²) in [6, 6.07) is 7.79. The fraction of sp³-hybridized carbons (Fsp3) is 0.650. The predicted molar refractivity (Wildman–Crippen MR) is 101 cm³/mol. The zero-order chi connectivity index (χ0) is 19.2. The van der Waals surface area contributed by atoms with Gasteiger partial charge < -0.3 is 4.74 Å². The summed E-state index contributed by atoms with van der Waals surface area (Å²) in [5, 5.41) is 0. The molecule has 2 fully saturated rings. The van der Waals surface area contributed by atoms with Crippen molar-refractivity contribution in [1.29, 1.82) is 0 Å². The van der Waals surface area contributed by atoms with Crippen molar-refractivity contribution in [3.05, 3.63) is 35.4 Å². The van der Waals surface area contributed by atoms with Crippen LogP contribution in [-0.4, -0.2) is 33.6 Å². The Morgan fingerprint density at radius 1 is 1.31 bits per heavy atom. The molecule has 26 heavy (non-hydrogen) atoms. The number of carbonyl (C=O) groups excluding carboxylic acids is 1. The summed E-state index contributed by atoms with van der Waals surface area (Å²) in [5.74, 6) is 0.308. The molecule has 2 bridgehead atoms. The van der Waals surface area contributed by atoms with E-state index in [0.717, 1.165) is 17.5 Å². The van der Waals surface area contributed by atoms with Crippen molar-refractivity contribution in [3.63, 3.8) is 0 Å². The van der Waals surface area contributed by atoms with Gasteiger partial charge in [0.05, 0.1) is 11.9 Å². The lowest BCUT2D eigenvalue weighted by molar-refractivity contribution is -0.128. The molecule has 2 aliphatic rings. The molecular weight excluding hydrogens is 350 g/mol. The Morgan fingerprint density at radius 3 is 2.54 bits per heavy atom. The number of nitrogens with one attached hydrogen (secondary N) is 1. The van der Waals surface area contributed by atoms with E-state index in [-0.39, 0.29) is 29.6 Å². The van der Waals surface area contributed by atoms with Crippen molar-refractivity contribution < 1.29 is 17.9 Å². The fourth-order valence-electron chi connectivity index (χ4n) is 4.95. The van der Waals surface area contributed by atoms with Gasteiger partial charge in [0.2, 0.25) is 10.0 Å². The Labute approximate surface area is 156 Å². The van der Waals surface area contributed by atoms with Crippen LogP contribution in [0.25, 0.3) is 0 Å². The van der Waals surface area contributed by atoms with Crippen LogP contribution in [0.5, 0.6) is 0 Å². The second-order valence-electron chi connectivity index (χ2n) is 8.36. The summed E-state index contributed by atoms with van der Waals surface area (Å²) in [5.41, 5.74) is 1.03. The van der Waals surface area contributed by atoms with E-state index in [1.54, 1.807) is 7.11 Å². The van der Waals surface area contributed by atoms with Crippen molar-refractivity contribution >= 4 is 15.8 Å². The van der Waals surface area contributed by atoms with Crippen LogP contribution in [0, 0.1) is 23.7 Å². The molecule has 1 aromatic rings. The lowest BCUT2D eigenvalue weighted by Gasteiger charge is -2.36. The molecule has 144 valence electrons. The highest BCUT2D eigenvalue weighted by molar-refractivity contribution is 7.89. The van der Waals surface area contributed by atoms with Crippen LogP contribution in [0.2, 0.25) is 0 Å². The zero-order valence-electron chi connectivity index (χ0n) is 16.0. The van der Waals surface area contributed by atoms with E-state index in [9.17, 15) is 13.2 Å². The van der Waals surface area contributed by atoms with Gasteiger partial charge in [0.25, 0.3) is 0 Å². The first kappa shape index (κ1) is 19.5. The summed E-state index contributed by atoms with van der Waals surface area (Å²) >= 11 is 0. The van der Waals surface area contributed by atoms with Gasteiger partial charge >= 0.3 is 0 Å². The highest BCUT2D eigenvalue weighted by Crippen LogP contribution is 2.64. The van der Waals surface area contributed by atoms with Crippen molar-refractivity contribution in [1.82, 2.24) is 4.72 Å². The number of fused-ring (bicyclic) bond motifs is 2. The average Bonchev–Trinajstić information content (AvgIpc) is 2.90. The molecular formula is C20H29NO4S. The minimum Gasteiger partial charge on any atom is -0.375 e. The minimum absolute atomic E-state index is 0.117. The van der Waals surface area contributed by atoms with E-state index in [2.05, 4.69) is 18.6 Å². The lowest BCUT2D eigenvalue weighted by Crippen LogP contribution is -2.46. The largest absolute Gasteiger partial charge is 0.375 e. The first-order valence-electron chi connectivity index (χ1n) is 9.22. The fourth-order valence-corrected chi connectivity index (χ4v) is 6.79. The van der Waals surface area contributed by atoms with Gasteiger partial charge in [-0.15, -0.1) is 0 Å². The number of sulfonamides is 1. The van der Waals surface area contributed by atoms with Crippen molar-refractivity contribution in [2.75, 3.05) is 19.4 Å². The second-order valence-corrected chi connectivity index (χ2v) is 10.2. The van der Waals surface area contributed by atoms with E-state index < -0.39 is 15.4 Å². The summed E-state index contributed by atoms with van der Waals surface area (Å²) in [4.78, 5) is 12.6. The molecule has 0 unspecified atom stereocenters. The van der Waals surface area contributed by atoms with Gasteiger partial charge in [-0.05, 0) is 42.2 Å². The Hall–Kier alpha value is -1.24. The number of Topliss-reactive ketones (excluding diaryl/α,β-unsaturated/α-hetero) is 1. The van der Waals surface area contributed by atoms with Crippen LogP contribution < -0.4 is 4.72 Å². The molecule has 0 heterocycles. The van der Waals surface area contributed by atoms with Crippen LogP contribution in [0.3, 0.4) is 0 Å². The number of carbonyl (C=O) groups is 1. The smallest absolute Gasteiger partial charge is 0.212 e. The van der Waals surface area contributed by atoms with Crippen LogP contribution in [0.1, 0.15) is 50.3 Å². The highest BCUT2D eigenvalue weighted by Gasteiger charge is 2.65. The van der Waals surface area contributed by atoms with E-state index in [4.69, 9.17) is 4.74 Å². The Kier molecular flexibility index (Phi) is 5.05. The second kappa shape index (κ2) is 6.73. The first-order valence-corrected chi connectivity index (χ1v) is 10.9. The summed E-state index contributed by atoms with van der Waals surface area (Å²) < 4.78 is 33.8. The molecule has 0 saturated heterocycles. The zero-order valence-corrected chi connectivity index (χ0v) is 16.9. The van der Waals surface area contributed by atoms with Gasteiger partial charge in [-0.2, -0.15) is 0 Å². The Morgan fingerprint density at radius 2 is 2.00 bits per heavy atom. The third-order valence-corrected chi connectivity index (χ3v) is 8.36.